The molecular weight excluding hydrogens is 162 g/mol. The number of halogens is 1. The number of nitro groups is 1. The van der Waals surface area contributed by atoms with Crippen LogP contribution in [0.2, 0.25) is 5.15 Å². The second kappa shape index (κ2) is 2.26. The van der Waals surface area contributed by atoms with Crippen LogP contribution in [-0.2, 0) is 7.05 Å². The molecular formula is C4H4ClN3O2. The number of imidazole rings is 1. The fourth-order valence-corrected chi connectivity index (χ4v) is 0.687. The summed E-state index contributed by atoms with van der Waals surface area (Å²) in [5.41, 5.74) is 0. The first-order chi connectivity index (χ1) is 4.63. The highest BCUT2D eigenvalue weighted by Crippen LogP contribution is 2.19. The van der Waals surface area contributed by atoms with Crippen molar-refractivity contribution in [2.75, 3.05) is 0 Å². The minimum absolute atomic E-state index is 0.0463. The van der Waals surface area contributed by atoms with Gasteiger partial charge in [0.05, 0.1) is 0 Å². The maximum absolute atomic E-state index is 10.1. The van der Waals surface area contributed by atoms with E-state index in [2.05, 4.69) is 4.98 Å². The Bertz CT molecular complexity index is 269. The molecule has 1 aromatic heterocycles. The van der Waals surface area contributed by atoms with Crippen molar-refractivity contribution in [3.05, 3.63) is 21.6 Å². The largest absolute Gasteiger partial charge is 0.401 e. The second-order valence-electron chi connectivity index (χ2n) is 1.73. The van der Waals surface area contributed by atoms with Crippen molar-refractivity contribution in [2.45, 2.75) is 0 Å². The van der Waals surface area contributed by atoms with E-state index in [0.717, 1.165) is 0 Å². The Morgan fingerprint density at radius 1 is 1.90 bits per heavy atom. The first-order valence-electron chi connectivity index (χ1n) is 2.44. The lowest BCUT2D eigenvalue weighted by Crippen LogP contribution is -1.89. The van der Waals surface area contributed by atoms with Crippen LogP contribution in [0.5, 0.6) is 0 Å². The molecule has 0 N–H and O–H groups in total. The quantitative estimate of drug-likeness (QED) is 0.460. The summed E-state index contributed by atoms with van der Waals surface area (Å²) >= 11 is 5.46. The topological polar surface area (TPSA) is 61.0 Å². The molecule has 0 saturated carbocycles. The molecule has 1 aromatic rings. The molecule has 1 rings (SSSR count). The van der Waals surface area contributed by atoms with Gasteiger partial charge < -0.3 is 10.1 Å². The van der Waals surface area contributed by atoms with Gasteiger partial charge in [0.15, 0.2) is 0 Å². The minimum atomic E-state index is -0.623. The fraction of sp³-hybridized carbons (Fsp3) is 0.250. The van der Waals surface area contributed by atoms with E-state index in [-0.39, 0.29) is 11.0 Å². The van der Waals surface area contributed by atoms with Crippen molar-refractivity contribution in [1.29, 1.82) is 0 Å². The Morgan fingerprint density at radius 3 is 2.70 bits per heavy atom. The predicted octanol–water partition coefficient (Wildman–Crippen LogP) is 0.982. The van der Waals surface area contributed by atoms with Crippen molar-refractivity contribution in [3.63, 3.8) is 0 Å². The van der Waals surface area contributed by atoms with Crippen LogP contribution in [0.3, 0.4) is 0 Å². The molecule has 0 fully saturated rings. The van der Waals surface area contributed by atoms with Gasteiger partial charge >= 0.3 is 5.82 Å². The Hall–Kier alpha value is -1.10. The number of hydrogen-bond donors (Lipinski definition) is 0. The lowest BCUT2D eigenvalue weighted by Gasteiger charge is -1.88. The van der Waals surface area contributed by atoms with E-state index in [1.807, 2.05) is 0 Å². The third-order valence-corrected chi connectivity index (χ3v) is 1.46. The molecule has 0 aliphatic carbocycles. The van der Waals surface area contributed by atoms with Gasteiger partial charge in [0, 0.05) is 7.05 Å². The van der Waals surface area contributed by atoms with E-state index >= 15 is 0 Å². The summed E-state index contributed by atoms with van der Waals surface area (Å²) in [4.78, 5) is 12.9. The van der Waals surface area contributed by atoms with Gasteiger partial charge in [0.1, 0.15) is 0 Å². The SMILES string of the molecule is Cn1cn[14c]([N+](=O)[O-])[14c]1Cl. The molecule has 10 heavy (non-hydrogen) atoms. The standard InChI is InChI=1S/C4H4ClN3O2/c1-7-2-6-4(3(7)5)8(9)10/h2H,1H3/i3+2,4+2. The van der Waals surface area contributed by atoms with Crippen LogP contribution in [0.25, 0.3) is 0 Å². The highest BCUT2D eigenvalue weighted by atomic mass is 35.5. The number of aryl methyl sites for hydroxylation is 1. The Morgan fingerprint density at radius 2 is 2.50 bits per heavy atom. The van der Waals surface area contributed by atoms with E-state index in [4.69, 9.17) is 11.6 Å². The van der Waals surface area contributed by atoms with Crippen LogP contribution in [0, 0.1) is 10.1 Å². The van der Waals surface area contributed by atoms with Crippen LogP contribution in [0.1, 0.15) is 0 Å². The van der Waals surface area contributed by atoms with Gasteiger partial charge in [-0.25, -0.2) is 0 Å². The first kappa shape index (κ1) is 7.01. The molecule has 54 valence electrons. The summed E-state index contributed by atoms with van der Waals surface area (Å²) < 4.78 is 1.37. The Labute approximate surface area is 61.4 Å². The molecule has 0 unspecified atom stereocenters. The van der Waals surface area contributed by atoms with Crippen molar-refractivity contribution < 1.29 is 4.92 Å². The first-order valence-corrected chi connectivity index (χ1v) is 2.82. The lowest BCUT2D eigenvalue weighted by molar-refractivity contribution is -0.389. The number of hydrogen-bond acceptors (Lipinski definition) is 3. The lowest BCUT2D eigenvalue weighted by atomic mass is 11.2. The molecule has 0 bridgehead atoms. The van der Waals surface area contributed by atoms with E-state index in [9.17, 15) is 10.1 Å². The van der Waals surface area contributed by atoms with Gasteiger partial charge in [0.25, 0.3) is 0 Å². The van der Waals surface area contributed by atoms with Gasteiger partial charge in [-0.3, -0.25) is 4.57 Å². The molecule has 5 nitrogen and oxygen atoms in total. The second-order valence-corrected chi connectivity index (χ2v) is 2.09. The molecule has 0 atom stereocenters. The van der Waals surface area contributed by atoms with Crippen LogP contribution in [0.4, 0.5) is 5.82 Å². The monoisotopic (exact) mass is 165 g/mol. The number of rotatable bonds is 1. The maximum Gasteiger partial charge on any atom is 0.401 e. The Kier molecular flexibility index (Phi) is 1.58. The van der Waals surface area contributed by atoms with E-state index in [1.165, 1.54) is 10.9 Å². The van der Waals surface area contributed by atoms with Crippen molar-refractivity contribution in [1.82, 2.24) is 9.55 Å². The van der Waals surface area contributed by atoms with E-state index in [0.29, 0.717) is 0 Å². The van der Waals surface area contributed by atoms with E-state index < -0.39 is 4.92 Å². The predicted molar refractivity (Wildman–Crippen MR) is 34.9 cm³/mol. The summed E-state index contributed by atoms with van der Waals surface area (Å²) in [5, 5.41) is 10.1. The van der Waals surface area contributed by atoms with Crippen LogP contribution >= 0.6 is 11.6 Å². The van der Waals surface area contributed by atoms with E-state index in [1.54, 1.807) is 7.05 Å². The van der Waals surface area contributed by atoms with Gasteiger partial charge in [-0.05, 0) is 9.91 Å². The summed E-state index contributed by atoms with van der Waals surface area (Å²) in [5.74, 6) is -0.302. The third-order valence-electron chi connectivity index (χ3n) is 1.02. The molecule has 0 aliphatic rings. The molecule has 0 radical (unpaired) electrons. The van der Waals surface area contributed by atoms with Crippen LogP contribution < -0.4 is 0 Å². The zero-order valence-electron chi connectivity index (χ0n) is 5.11. The zero-order valence-corrected chi connectivity index (χ0v) is 5.87. The molecule has 0 aromatic carbocycles. The molecule has 0 saturated heterocycles. The van der Waals surface area contributed by atoms with Gasteiger partial charge in [-0.15, -0.1) is 0 Å². The molecule has 0 aliphatic heterocycles. The highest BCUT2D eigenvalue weighted by Gasteiger charge is 2.16. The van der Waals surface area contributed by atoms with Crippen LogP contribution in [-0.4, -0.2) is 14.5 Å². The summed E-state index contributed by atoms with van der Waals surface area (Å²) in [6.07, 6.45) is 1.29. The van der Waals surface area contributed by atoms with Crippen LogP contribution in [0.15, 0.2) is 6.33 Å². The number of aromatic nitrogens is 2. The van der Waals surface area contributed by atoms with Gasteiger partial charge in [0.2, 0.25) is 11.5 Å². The van der Waals surface area contributed by atoms with Crippen molar-refractivity contribution >= 4 is 17.4 Å². The highest BCUT2D eigenvalue weighted by molar-refractivity contribution is 6.31. The maximum atomic E-state index is 10.1. The number of nitrogens with zero attached hydrogens (tertiary/aromatic N) is 3. The summed E-state index contributed by atoms with van der Waals surface area (Å²) in [6, 6.07) is 0. The zero-order chi connectivity index (χ0) is 7.72. The Balaban J connectivity index is 3.17. The van der Waals surface area contributed by atoms with Gasteiger partial charge in [-0.1, -0.05) is 11.6 Å². The normalized spacial score (nSPS) is 9.80. The minimum Gasteiger partial charge on any atom is -0.358 e. The third kappa shape index (κ3) is 0.950. The van der Waals surface area contributed by atoms with Gasteiger partial charge in [-0.2, -0.15) is 0 Å². The summed E-state index contributed by atoms with van der Waals surface area (Å²) in [7, 11) is 1.59. The van der Waals surface area contributed by atoms with Crippen molar-refractivity contribution in [2.24, 2.45) is 7.05 Å². The molecule has 1 heterocycles. The average Bonchev–Trinajstić information content (AvgIpc) is 2.14. The average molecular weight is 166 g/mol. The molecule has 0 spiro atoms. The molecule has 0 amide bonds. The van der Waals surface area contributed by atoms with Crippen molar-refractivity contribution in [3.8, 4) is 0 Å². The smallest absolute Gasteiger partial charge is 0.358 e. The molecule has 6 heteroatoms. The summed E-state index contributed by atoms with van der Waals surface area (Å²) in [6.45, 7) is 0. The fourth-order valence-electron chi connectivity index (χ4n) is 0.525.